The van der Waals surface area contributed by atoms with Crippen LogP contribution in [0.2, 0.25) is 0 Å². The first-order chi connectivity index (χ1) is 13.5. The summed E-state index contributed by atoms with van der Waals surface area (Å²) in [5.41, 5.74) is 2.76. The van der Waals surface area contributed by atoms with Gasteiger partial charge in [0, 0.05) is 50.1 Å². The number of fused-ring (bicyclic) bond motifs is 1. The lowest BCUT2D eigenvalue weighted by Gasteiger charge is -2.29. The first-order valence-corrected chi connectivity index (χ1v) is 10.1. The highest BCUT2D eigenvalue weighted by atomic mass is 16.5. The van der Waals surface area contributed by atoms with Crippen LogP contribution in [-0.4, -0.2) is 47.2 Å². The van der Waals surface area contributed by atoms with Gasteiger partial charge in [-0.25, -0.2) is 4.98 Å². The van der Waals surface area contributed by atoms with Crippen LogP contribution in [0, 0.1) is 25.7 Å². The number of amides is 1. The maximum atomic E-state index is 12.6. The monoisotopic (exact) mass is 378 g/mol. The Morgan fingerprint density at radius 1 is 1.32 bits per heavy atom. The van der Waals surface area contributed by atoms with Crippen molar-refractivity contribution in [3.05, 3.63) is 53.5 Å². The van der Waals surface area contributed by atoms with Gasteiger partial charge in [0.05, 0.1) is 17.3 Å². The Bertz CT molecular complexity index is 917. The maximum absolute atomic E-state index is 12.6. The van der Waals surface area contributed by atoms with E-state index in [1.54, 1.807) is 12.4 Å². The SMILES string of the molecule is Cc1cncc(C(=O)NC[C@H]2[C@H]3CN(c4cc(C)ccn4)C[C@]34CC[C@H]2O4)c1. The molecule has 0 unspecified atom stereocenters. The fourth-order valence-electron chi connectivity index (χ4n) is 5.32. The molecule has 0 radical (unpaired) electrons. The summed E-state index contributed by atoms with van der Waals surface area (Å²) in [7, 11) is 0. The smallest absolute Gasteiger partial charge is 0.252 e. The Labute approximate surface area is 165 Å². The molecule has 3 fully saturated rings. The fraction of sp³-hybridized carbons (Fsp3) is 0.500. The molecule has 6 nitrogen and oxygen atoms in total. The highest BCUT2D eigenvalue weighted by Gasteiger charge is 2.63. The van der Waals surface area contributed by atoms with Gasteiger partial charge in [0.2, 0.25) is 0 Å². The largest absolute Gasteiger partial charge is 0.369 e. The van der Waals surface area contributed by atoms with Gasteiger partial charge in [-0.1, -0.05) is 0 Å². The molecule has 2 bridgehead atoms. The molecule has 28 heavy (non-hydrogen) atoms. The van der Waals surface area contributed by atoms with Gasteiger partial charge >= 0.3 is 0 Å². The number of hydrogen-bond donors (Lipinski definition) is 1. The first kappa shape index (κ1) is 17.6. The molecule has 5 heterocycles. The van der Waals surface area contributed by atoms with Crippen LogP contribution >= 0.6 is 0 Å². The molecule has 0 aromatic carbocycles. The van der Waals surface area contributed by atoms with Crippen LogP contribution < -0.4 is 10.2 Å². The average Bonchev–Trinajstić information content (AvgIpc) is 3.34. The molecular formula is C22H26N4O2. The van der Waals surface area contributed by atoms with Crippen molar-refractivity contribution in [2.75, 3.05) is 24.5 Å². The van der Waals surface area contributed by atoms with E-state index in [0.29, 0.717) is 23.9 Å². The lowest BCUT2D eigenvalue weighted by Crippen LogP contribution is -2.41. The van der Waals surface area contributed by atoms with Crippen LogP contribution in [0.3, 0.4) is 0 Å². The number of nitrogens with zero attached hydrogens (tertiary/aromatic N) is 3. The van der Waals surface area contributed by atoms with Gasteiger partial charge in [-0.3, -0.25) is 9.78 Å². The molecule has 0 saturated carbocycles. The standard InChI is InChI=1S/C22H26N4O2/c1-14-4-6-24-20(8-14)26-12-18-17(19-3-5-22(18,13-26)28-19)11-25-21(27)16-7-15(2)9-23-10-16/h4,6-10,17-19H,3,5,11-13H2,1-2H3,(H,25,27)/t17-,18+,19+,22+/m0/s1. The van der Waals surface area contributed by atoms with Gasteiger partial charge in [-0.15, -0.1) is 0 Å². The van der Waals surface area contributed by atoms with Gasteiger partial charge in [-0.2, -0.15) is 0 Å². The fourth-order valence-corrected chi connectivity index (χ4v) is 5.32. The number of ether oxygens (including phenoxy) is 1. The van der Waals surface area contributed by atoms with Crippen molar-refractivity contribution >= 4 is 11.7 Å². The third-order valence-corrected chi connectivity index (χ3v) is 6.64. The van der Waals surface area contributed by atoms with Crippen molar-refractivity contribution in [2.24, 2.45) is 11.8 Å². The normalized spacial score (nSPS) is 30.5. The molecule has 2 aromatic rings. The molecule has 3 saturated heterocycles. The van der Waals surface area contributed by atoms with Gasteiger partial charge in [0.25, 0.3) is 5.91 Å². The summed E-state index contributed by atoms with van der Waals surface area (Å²) < 4.78 is 6.50. The highest BCUT2D eigenvalue weighted by molar-refractivity contribution is 5.94. The zero-order valence-electron chi connectivity index (χ0n) is 16.4. The van der Waals surface area contributed by atoms with E-state index in [2.05, 4.69) is 33.2 Å². The molecule has 1 spiro atoms. The van der Waals surface area contributed by atoms with E-state index in [4.69, 9.17) is 4.74 Å². The van der Waals surface area contributed by atoms with E-state index in [-0.39, 0.29) is 17.6 Å². The lowest BCUT2D eigenvalue weighted by atomic mass is 9.73. The molecule has 1 amide bonds. The quantitative estimate of drug-likeness (QED) is 0.885. The predicted molar refractivity (Wildman–Crippen MR) is 106 cm³/mol. The second-order valence-corrected chi connectivity index (χ2v) is 8.56. The second kappa shape index (κ2) is 6.55. The van der Waals surface area contributed by atoms with Crippen molar-refractivity contribution in [3.8, 4) is 0 Å². The van der Waals surface area contributed by atoms with E-state index in [1.807, 2.05) is 25.3 Å². The zero-order chi connectivity index (χ0) is 19.3. The van der Waals surface area contributed by atoms with E-state index in [0.717, 1.165) is 37.3 Å². The molecule has 3 aliphatic heterocycles. The highest BCUT2D eigenvalue weighted by Crippen LogP contribution is 2.55. The lowest BCUT2D eigenvalue weighted by molar-refractivity contribution is 0.0141. The van der Waals surface area contributed by atoms with E-state index in [9.17, 15) is 4.79 Å². The number of aryl methyl sites for hydroxylation is 2. The molecule has 0 aliphatic carbocycles. The molecule has 3 aliphatic rings. The summed E-state index contributed by atoms with van der Waals surface area (Å²) in [5, 5.41) is 3.13. The van der Waals surface area contributed by atoms with Gasteiger partial charge < -0.3 is 15.0 Å². The summed E-state index contributed by atoms with van der Waals surface area (Å²) in [5.74, 6) is 1.77. The number of rotatable bonds is 4. The Balaban J connectivity index is 1.30. The molecule has 4 atom stereocenters. The number of aromatic nitrogens is 2. The Hall–Kier alpha value is -2.47. The molecule has 5 rings (SSSR count). The van der Waals surface area contributed by atoms with Crippen molar-refractivity contribution in [1.29, 1.82) is 0 Å². The number of pyridine rings is 2. The summed E-state index contributed by atoms with van der Waals surface area (Å²) >= 11 is 0. The average molecular weight is 378 g/mol. The number of nitrogens with one attached hydrogen (secondary N) is 1. The first-order valence-electron chi connectivity index (χ1n) is 10.1. The van der Waals surface area contributed by atoms with Gasteiger partial charge in [0.1, 0.15) is 5.82 Å². The van der Waals surface area contributed by atoms with E-state index < -0.39 is 0 Å². The summed E-state index contributed by atoms with van der Waals surface area (Å²) in [6, 6.07) is 6.05. The topological polar surface area (TPSA) is 67.4 Å². The molecule has 1 N–H and O–H groups in total. The van der Waals surface area contributed by atoms with E-state index in [1.165, 1.54) is 5.56 Å². The molecule has 146 valence electrons. The Kier molecular flexibility index (Phi) is 4.12. The van der Waals surface area contributed by atoms with Crippen molar-refractivity contribution < 1.29 is 9.53 Å². The molecular weight excluding hydrogens is 352 g/mol. The summed E-state index contributed by atoms with van der Waals surface area (Å²) in [6.07, 6.45) is 7.71. The molecule has 6 heteroatoms. The summed E-state index contributed by atoms with van der Waals surface area (Å²) in [4.78, 5) is 23.6. The second-order valence-electron chi connectivity index (χ2n) is 8.56. The van der Waals surface area contributed by atoms with Crippen LogP contribution in [-0.2, 0) is 4.74 Å². The minimum atomic E-state index is -0.0730. The summed E-state index contributed by atoms with van der Waals surface area (Å²) in [6.45, 7) is 6.54. The van der Waals surface area contributed by atoms with Crippen molar-refractivity contribution in [1.82, 2.24) is 15.3 Å². The van der Waals surface area contributed by atoms with Crippen LogP contribution in [0.4, 0.5) is 5.82 Å². The number of carbonyl (C=O) groups is 1. The molecule has 2 aromatic heterocycles. The number of carbonyl (C=O) groups excluding carboxylic acids is 1. The minimum absolute atomic E-state index is 0.0526. The van der Waals surface area contributed by atoms with Crippen LogP contribution in [0.1, 0.15) is 34.3 Å². The predicted octanol–water partition coefficient (Wildman–Crippen LogP) is 2.51. The van der Waals surface area contributed by atoms with Gasteiger partial charge in [0.15, 0.2) is 0 Å². The van der Waals surface area contributed by atoms with E-state index >= 15 is 0 Å². The van der Waals surface area contributed by atoms with Crippen molar-refractivity contribution in [3.63, 3.8) is 0 Å². The van der Waals surface area contributed by atoms with Crippen LogP contribution in [0.25, 0.3) is 0 Å². The van der Waals surface area contributed by atoms with Gasteiger partial charge in [-0.05, 0) is 56.0 Å². The Morgan fingerprint density at radius 2 is 2.21 bits per heavy atom. The number of anilines is 1. The van der Waals surface area contributed by atoms with Crippen LogP contribution in [0.5, 0.6) is 0 Å². The number of hydrogen-bond acceptors (Lipinski definition) is 5. The third kappa shape index (κ3) is 2.87. The maximum Gasteiger partial charge on any atom is 0.252 e. The Morgan fingerprint density at radius 3 is 3.04 bits per heavy atom. The van der Waals surface area contributed by atoms with Crippen LogP contribution in [0.15, 0.2) is 36.8 Å². The minimum Gasteiger partial charge on any atom is -0.369 e. The zero-order valence-corrected chi connectivity index (χ0v) is 16.4. The van der Waals surface area contributed by atoms with Crippen molar-refractivity contribution in [2.45, 2.75) is 38.4 Å². The third-order valence-electron chi connectivity index (χ3n) is 6.64.